The molecule has 0 aliphatic heterocycles. The summed E-state index contributed by atoms with van der Waals surface area (Å²) in [5.74, 6) is 1.81. The smallest absolute Gasteiger partial charge is 0.164 e. The topological polar surface area (TPSA) is 55.1 Å². The van der Waals surface area contributed by atoms with Crippen molar-refractivity contribution in [2.45, 2.75) is 0 Å². The van der Waals surface area contributed by atoms with Gasteiger partial charge in [0.15, 0.2) is 17.5 Å². The number of fused-ring (bicyclic) bond motifs is 3. The second kappa shape index (κ2) is 14.3. The summed E-state index contributed by atoms with van der Waals surface area (Å²) in [5, 5.41) is 1.97. The lowest BCUT2D eigenvalue weighted by atomic mass is 9.99. The summed E-state index contributed by atoms with van der Waals surface area (Å²) < 4.78 is 6.58. The van der Waals surface area contributed by atoms with E-state index in [1.165, 1.54) is 0 Å². The van der Waals surface area contributed by atoms with Gasteiger partial charge in [-0.2, -0.15) is 0 Å². The van der Waals surface area contributed by atoms with Crippen LogP contribution in [0.3, 0.4) is 0 Å². The lowest BCUT2D eigenvalue weighted by Crippen LogP contribution is -2.09. The number of hydrogen-bond acceptors (Lipinski definition) is 5. The summed E-state index contributed by atoms with van der Waals surface area (Å²) in [7, 11) is 0. The molecule has 0 saturated heterocycles. The molecule has 0 unspecified atom stereocenters. The summed E-state index contributed by atoms with van der Waals surface area (Å²) in [6.07, 6.45) is 0. The van der Waals surface area contributed by atoms with E-state index in [1.807, 2.05) is 66.7 Å². The molecule has 56 heavy (non-hydrogen) atoms. The zero-order valence-corrected chi connectivity index (χ0v) is 30.3. The Kier molecular flexibility index (Phi) is 8.43. The van der Waals surface area contributed by atoms with Crippen LogP contribution in [0, 0.1) is 0 Å². The minimum absolute atomic E-state index is 0.589. The molecule has 0 saturated carbocycles. The van der Waals surface area contributed by atoms with E-state index in [0.29, 0.717) is 17.5 Å². The predicted molar refractivity (Wildman–Crippen MR) is 229 cm³/mol. The van der Waals surface area contributed by atoms with Gasteiger partial charge in [-0.25, -0.2) is 15.0 Å². The summed E-state index contributed by atoms with van der Waals surface area (Å²) in [4.78, 5) is 17.6. The Bertz CT molecular complexity index is 2910. The first kappa shape index (κ1) is 33.0. The minimum atomic E-state index is 0.589. The lowest BCUT2D eigenvalue weighted by Gasteiger charge is -2.25. The maximum Gasteiger partial charge on any atom is 0.164 e. The van der Waals surface area contributed by atoms with E-state index in [4.69, 9.17) is 19.4 Å². The number of furan rings is 1. The van der Waals surface area contributed by atoms with E-state index in [1.54, 1.807) is 0 Å². The van der Waals surface area contributed by atoms with Crippen LogP contribution < -0.4 is 4.90 Å². The van der Waals surface area contributed by atoms with Gasteiger partial charge >= 0.3 is 0 Å². The molecule has 5 heteroatoms. The Morgan fingerprint density at radius 2 is 0.821 bits per heavy atom. The number of hydrogen-bond donors (Lipinski definition) is 0. The van der Waals surface area contributed by atoms with Crippen molar-refractivity contribution in [1.29, 1.82) is 0 Å². The lowest BCUT2D eigenvalue weighted by molar-refractivity contribution is 0.669. The number of benzene rings is 8. The molecule has 0 bridgehead atoms. The van der Waals surface area contributed by atoms with Crippen LogP contribution >= 0.6 is 0 Å². The Hall–Kier alpha value is -7.63. The molecule has 0 spiro atoms. The van der Waals surface area contributed by atoms with Crippen molar-refractivity contribution in [3.8, 4) is 56.4 Å². The van der Waals surface area contributed by atoms with Gasteiger partial charge in [0.1, 0.15) is 11.2 Å². The third kappa shape index (κ3) is 6.17. The number of nitrogens with zero attached hydrogens (tertiary/aromatic N) is 4. The largest absolute Gasteiger partial charge is 0.456 e. The van der Waals surface area contributed by atoms with E-state index in [-0.39, 0.29) is 0 Å². The average Bonchev–Trinajstić information content (AvgIpc) is 3.66. The molecular formula is C51H34N4O. The predicted octanol–water partition coefficient (Wildman–Crippen LogP) is 13.6. The number of aromatic nitrogens is 3. The molecule has 0 fully saturated rings. The highest BCUT2D eigenvalue weighted by Gasteiger charge is 2.20. The average molecular weight is 719 g/mol. The second-order valence-electron chi connectivity index (χ2n) is 13.6. The molecular weight excluding hydrogens is 685 g/mol. The minimum Gasteiger partial charge on any atom is -0.456 e. The maximum atomic E-state index is 6.58. The molecule has 0 atom stereocenters. The Morgan fingerprint density at radius 3 is 1.48 bits per heavy atom. The third-order valence-electron chi connectivity index (χ3n) is 10.1. The molecule has 5 nitrogen and oxygen atoms in total. The van der Waals surface area contributed by atoms with E-state index < -0.39 is 0 Å². The van der Waals surface area contributed by atoms with Gasteiger partial charge < -0.3 is 9.32 Å². The van der Waals surface area contributed by atoms with Crippen molar-refractivity contribution >= 4 is 39.0 Å². The van der Waals surface area contributed by atoms with E-state index >= 15 is 0 Å². The van der Waals surface area contributed by atoms with Crippen molar-refractivity contribution in [2.75, 3.05) is 4.90 Å². The Labute approximate surface area is 324 Å². The Morgan fingerprint density at radius 1 is 0.321 bits per heavy atom. The quantitative estimate of drug-likeness (QED) is 0.157. The third-order valence-corrected chi connectivity index (χ3v) is 10.1. The molecule has 0 aliphatic rings. The molecule has 0 radical (unpaired) electrons. The highest BCUT2D eigenvalue weighted by molar-refractivity contribution is 6.12. The van der Waals surface area contributed by atoms with Crippen LogP contribution in [-0.2, 0) is 0 Å². The number of anilines is 3. The highest BCUT2D eigenvalue weighted by Crippen LogP contribution is 2.40. The molecule has 264 valence electrons. The van der Waals surface area contributed by atoms with E-state index in [0.717, 1.165) is 77.9 Å². The molecule has 10 rings (SSSR count). The summed E-state index contributed by atoms with van der Waals surface area (Å²) >= 11 is 0. The first-order valence-electron chi connectivity index (χ1n) is 18.7. The van der Waals surface area contributed by atoms with Crippen LogP contribution in [0.2, 0.25) is 0 Å². The zero-order valence-electron chi connectivity index (χ0n) is 30.3. The van der Waals surface area contributed by atoms with Gasteiger partial charge in [-0.1, -0.05) is 152 Å². The molecule has 0 amide bonds. The van der Waals surface area contributed by atoms with E-state index in [9.17, 15) is 0 Å². The summed E-state index contributed by atoms with van der Waals surface area (Å²) in [6, 6.07) is 70.9. The highest BCUT2D eigenvalue weighted by atomic mass is 16.3. The van der Waals surface area contributed by atoms with Crippen LogP contribution in [0.4, 0.5) is 17.1 Å². The van der Waals surface area contributed by atoms with Gasteiger partial charge in [-0.05, 0) is 76.9 Å². The van der Waals surface area contributed by atoms with Gasteiger partial charge in [0.05, 0.1) is 0 Å². The molecule has 8 aromatic carbocycles. The number of para-hydroxylation sites is 2. The number of rotatable bonds is 8. The van der Waals surface area contributed by atoms with Crippen LogP contribution in [0.1, 0.15) is 0 Å². The van der Waals surface area contributed by atoms with Crippen molar-refractivity contribution in [3.05, 3.63) is 206 Å². The Balaban J connectivity index is 1.07. The van der Waals surface area contributed by atoms with Crippen LogP contribution in [0.5, 0.6) is 0 Å². The molecule has 0 N–H and O–H groups in total. The fraction of sp³-hybridized carbons (Fsp3) is 0. The molecule has 10 aromatic rings. The SMILES string of the molecule is c1ccc(-c2nc(-c3ccccc3-c3ccccc3)nc(-c3cccc4oc5cc(-c6ccc(N(c7ccccc7)c7ccccc7)cc6)ccc5c34)n2)cc1. The van der Waals surface area contributed by atoms with Crippen molar-refractivity contribution < 1.29 is 4.42 Å². The van der Waals surface area contributed by atoms with Crippen LogP contribution in [-0.4, -0.2) is 15.0 Å². The maximum absolute atomic E-state index is 6.58. The second-order valence-corrected chi connectivity index (χ2v) is 13.6. The van der Waals surface area contributed by atoms with Gasteiger partial charge in [-0.3, -0.25) is 0 Å². The first-order chi connectivity index (χ1) is 27.8. The molecule has 2 aromatic heterocycles. The van der Waals surface area contributed by atoms with Crippen LogP contribution in [0.25, 0.3) is 78.4 Å². The van der Waals surface area contributed by atoms with Crippen LogP contribution in [0.15, 0.2) is 211 Å². The van der Waals surface area contributed by atoms with E-state index in [2.05, 4.69) is 144 Å². The van der Waals surface area contributed by atoms with Gasteiger partial charge in [0.2, 0.25) is 0 Å². The van der Waals surface area contributed by atoms with Crippen molar-refractivity contribution in [1.82, 2.24) is 15.0 Å². The normalized spacial score (nSPS) is 11.2. The molecule has 2 heterocycles. The fourth-order valence-electron chi connectivity index (χ4n) is 7.48. The monoisotopic (exact) mass is 718 g/mol. The van der Waals surface area contributed by atoms with Gasteiger partial charge in [-0.15, -0.1) is 0 Å². The first-order valence-corrected chi connectivity index (χ1v) is 18.7. The van der Waals surface area contributed by atoms with Crippen molar-refractivity contribution in [3.63, 3.8) is 0 Å². The van der Waals surface area contributed by atoms with Gasteiger partial charge in [0.25, 0.3) is 0 Å². The fourth-order valence-corrected chi connectivity index (χ4v) is 7.48. The summed E-state index contributed by atoms with van der Waals surface area (Å²) in [5.41, 5.74) is 12.0. The zero-order chi connectivity index (χ0) is 37.3. The van der Waals surface area contributed by atoms with Crippen molar-refractivity contribution in [2.24, 2.45) is 0 Å². The molecule has 0 aliphatic carbocycles. The summed E-state index contributed by atoms with van der Waals surface area (Å²) in [6.45, 7) is 0. The van der Waals surface area contributed by atoms with Gasteiger partial charge in [0, 0.05) is 44.5 Å². The standard InChI is InChI=1S/C51H34N4O/c1-5-16-36(17-6-1)42-24-13-14-25-43(42)50-52-49(37-18-7-2-8-19-37)53-51(54-50)45-26-15-27-46-48(45)44-33-30-38(34-47(44)56-46)35-28-31-41(32-29-35)55(39-20-9-3-10-21-39)40-22-11-4-12-23-40/h1-34H.